The van der Waals surface area contributed by atoms with Crippen LogP contribution in [0.25, 0.3) is 0 Å². The Labute approximate surface area is 116 Å². The Morgan fingerprint density at radius 2 is 1.95 bits per heavy atom. The second-order valence-corrected chi connectivity index (χ2v) is 7.16. The number of benzene rings is 1. The van der Waals surface area contributed by atoms with Crippen LogP contribution in [0.3, 0.4) is 0 Å². The number of hydrogen-bond donors (Lipinski definition) is 1. The van der Waals surface area contributed by atoms with Crippen LogP contribution >= 0.6 is 0 Å². The maximum Gasteiger partial charge on any atom is 0.416 e. The van der Waals surface area contributed by atoms with Gasteiger partial charge >= 0.3 is 6.18 Å². The van der Waals surface area contributed by atoms with E-state index in [0.717, 1.165) is 25.0 Å². The minimum atomic E-state index is -4.53. The SMILES string of the molecule is CNC1CC(CS(=O)(=O)c2cccc(C(F)(F)F)c2)C1. The molecule has 0 spiro atoms. The van der Waals surface area contributed by atoms with Gasteiger partial charge in [0.2, 0.25) is 0 Å². The Morgan fingerprint density at radius 1 is 1.30 bits per heavy atom. The van der Waals surface area contributed by atoms with Crippen molar-refractivity contribution < 1.29 is 21.6 Å². The molecule has 0 radical (unpaired) electrons. The summed E-state index contributed by atoms with van der Waals surface area (Å²) >= 11 is 0. The Hall–Kier alpha value is -1.08. The van der Waals surface area contributed by atoms with E-state index in [2.05, 4.69) is 5.32 Å². The lowest BCUT2D eigenvalue weighted by atomic mass is 9.82. The summed E-state index contributed by atoms with van der Waals surface area (Å²) in [6, 6.07) is 4.26. The van der Waals surface area contributed by atoms with Crippen molar-refractivity contribution in [2.24, 2.45) is 5.92 Å². The van der Waals surface area contributed by atoms with Gasteiger partial charge in [0.25, 0.3) is 0 Å². The van der Waals surface area contributed by atoms with Crippen molar-refractivity contribution in [3.05, 3.63) is 29.8 Å². The summed E-state index contributed by atoms with van der Waals surface area (Å²) in [5, 5.41) is 3.04. The number of nitrogens with one attached hydrogen (secondary N) is 1. The molecule has 0 bridgehead atoms. The topological polar surface area (TPSA) is 46.2 Å². The monoisotopic (exact) mass is 307 g/mol. The van der Waals surface area contributed by atoms with E-state index >= 15 is 0 Å². The van der Waals surface area contributed by atoms with E-state index in [4.69, 9.17) is 0 Å². The number of alkyl halides is 3. The predicted octanol–water partition coefficient (Wildman–Crippen LogP) is 2.48. The van der Waals surface area contributed by atoms with Crippen LogP contribution in [0.1, 0.15) is 18.4 Å². The molecule has 0 aliphatic heterocycles. The highest BCUT2D eigenvalue weighted by Gasteiger charge is 2.34. The fourth-order valence-electron chi connectivity index (χ4n) is 2.38. The minimum Gasteiger partial charge on any atom is -0.317 e. The summed E-state index contributed by atoms with van der Waals surface area (Å²) in [7, 11) is -1.85. The van der Waals surface area contributed by atoms with Gasteiger partial charge in [-0.2, -0.15) is 13.2 Å². The van der Waals surface area contributed by atoms with Crippen molar-refractivity contribution in [1.29, 1.82) is 0 Å². The van der Waals surface area contributed by atoms with E-state index in [1.807, 2.05) is 7.05 Å². The molecular formula is C13H16F3NO2S. The molecule has 20 heavy (non-hydrogen) atoms. The van der Waals surface area contributed by atoms with Gasteiger partial charge in [-0.05, 0) is 44.0 Å². The summed E-state index contributed by atoms with van der Waals surface area (Å²) in [4.78, 5) is -0.250. The van der Waals surface area contributed by atoms with Crippen molar-refractivity contribution in [2.45, 2.75) is 30.0 Å². The summed E-state index contributed by atoms with van der Waals surface area (Å²) in [5.74, 6) is -0.0704. The molecule has 1 aromatic carbocycles. The number of rotatable bonds is 4. The Morgan fingerprint density at radius 3 is 2.50 bits per heavy atom. The van der Waals surface area contributed by atoms with Crippen LogP contribution in [0.2, 0.25) is 0 Å². The standard InChI is InChI=1S/C13H16F3NO2S/c1-17-11-5-9(6-11)8-20(18,19)12-4-2-3-10(7-12)13(14,15)16/h2-4,7,9,11,17H,5-6,8H2,1H3. The van der Waals surface area contributed by atoms with Crippen LogP contribution in [0.4, 0.5) is 13.2 Å². The average molecular weight is 307 g/mol. The van der Waals surface area contributed by atoms with Gasteiger partial charge in [0.15, 0.2) is 9.84 Å². The molecule has 0 aromatic heterocycles. The zero-order chi connectivity index (χ0) is 15.0. The van der Waals surface area contributed by atoms with Gasteiger partial charge in [-0.3, -0.25) is 0 Å². The molecule has 0 unspecified atom stereocenters. The van der Waals surface area contributed by atoms with Crippen molar-refractivity contribution in [3.8, 4) is 0 Å². The number of sulfone groups is 1. The molecule has 1 aliphatic rings. The van der Waals surface area contributed by atoms with Gasteiger partial charge in [-0.15, -0.1) is 0 Å². The lowest BCUT2D eigenvalue weighted by Gasteiger charge is -2.34. The second kappa shape index (κ2) is 5.37. The van der Waals surface area contributed by atoms with Crippen molar-refractivity contribution in [1.82, 2.24) is 5.32 Å². The molecule has 0 atom stereocenters. The highest BCUT2D eigenvalue weighted by Crippen LogP contribution is 2.33. The van der Waals surface area contributed by atoms with Gasteiger partial charge in [-0.25, -0.2) is 8.42 Å². The van der Waals surface area contributed by atoms with Crippen molar-refractivity contribution in [3.63, 3.8) is 0 Å². The zero-order valence-corrected chi connectivity index (χ0v) is 11.8. The lowest BCUT2D eigenvalue weighted by Crippen LogP contribution is -2.41. The Kier molecular flexibility index (Phi) is 4.11. The molecule has 1 N–H and O–H groups in total. The zero-order valence-electron chi connectivity index (χ0n) is 10.9. The first-order valence-electron chi connectivity index (χ1n) is 6.29. The number of halogens is 3. The lowest BCUT2D eigenvalue weighted by molar-refractivity contribution is -0.137. The smallest absolute Gasteiger partial charge is 0.317 e. The minimum absolute atomic E-state index is 0.0204. The van der Waals surface area contributed by atoms with Crippen molar-refractivity contribution in [2.75, 3.05) is 12.8 Å². The van der Waals surface area contributed by atoms with Gasteiger partial charge in [-0.1, -0.05) is 6.07 Å². The predicted molar refractivity (Wildman–Crippen MR) is 69.1 cm³/mol. The summed E-state index contributed by atoms with van der Waals surface area (Å²) < 4.78 is 62.0. The molecule has 1 saturated carbocycles. The van der Waals surface area contributed by atoms with Gasteiger partial charge in [0.05, 0.1) is 16.2 Å². The largest absolute Gasteiger partial charge is 0.416 e. The maximum atomic E-state index is 12.6. The van der Waals surface area contributed by atoms with Gasteiger partial charge in [0, 0.05) is 6.04 Å². The molecular weight excluding hydrogens is 291 g/mol. The van der Waals surface area contributed by atoms with E-state index in [1.54, 1.807) is 0 Å². The molecule has 0 amide bonds. The Balaban J connectivity index is 2.14. The summed E-state index contributed by atoms with van der Waals surface area (Å²) in [5.41, 5.74) is -0.930. The molecule has 112 valence electrons. The van der Waals surface area contributed by atoms with E-state index in [1.165, 1.54) is 6.07 Å². The van der Waals surface area contributed by atoms with Crippen molar-refractivity contribution >= 4 is 9.84 Å². The number of hydrogen-bond acceptors (Lipinski definition) is 3. The molecule has 1 aromatic rings. The fraction of sp³-hybridized carbons (Fsp3) is 0.538. The van der Waals surface area contributed by atoms with Crippen LogP contribution in [0, 0.1) is 5.92 Å². The second-order valence-electron chi connectivity index (χ2n) is 5.13. The molecule has 7 heteroatoms. The van der Waals surface area contributed by atoms with E-state index in [-0.39, 0.29) is 16.6 Å². The van der Waals surface area contributed by atoms with Crippen LogP contribution in [-0.2, 0) is 16.0 Å². The molecule has 1 aliphatic carbocycles. The fourth-order valence-corrected chi connectivity index (χ4v) is 4.06. The summed E-state index contributed by atoms with van der Waals surface area (Å²) in [6.07, 6.45) is -3.04. The van der Waals surface area contributed by atoms with Crippen LogP contribution in [0.5, 0.6) is 0 Å². The normalized spacial score (nSPS) is 23.4. The third-order valence-electron chi connectivity index (χ3n) is 3.62. The third-order valence-corrected chi connectivity index (χ3v) is 5.50. The average Bonchev–Trinajstić information content (AvgIpc) is 2.32. The molecule has 0 saturated heterocycles. The quantitative estimate of drug-likeness (QED) is 0.929. The molecule has 2 rings (SSSR count). The molecule has 1 fully saturated rings. The highest BCUT2D eigenvalue weighted by atomic mass is 32.2. The third kappa shape index (κ3) is 3.32. The highest BCUT2D eigenvalue weighted by molar-refractivity contribution is 7.91. The Bertz CT molecular complexity index is 578. The van der Waals surface area contributed by atoms with Gasteiger partial charge in [0.1, 0.15) is 0 Å². The maximum absolute atomic E-state index is 12.6. The molecule has 3 nitrogen and oxygen atoms in total. The summed E-state index contributed by atoms with van der Waals surface area (Å²) in [6.45, 7) is 0. The van der Waals surface area contributed by atoms with Crippen LogP contribution < -0.4 is 5.32 Å². The van der Waals surface area contributed by atoms with E-state index < -0.39 is 21.6 Å². The first kappa shape index (κ1) is 15.3. The van der Waals surface area contributed by atoms with Crippen LogP contribution in [0.15, 0.2) is 29.2 Å². The first-order valence-corrected chi connectivity index (χ1v) is 7.95. The molecule has 0 heterocycles. The van der Waals surface area contributed by atoms with Gasteiger partial charge < -0.3 is 5.32 Å². The van der Waals surface area contributed by atoms with Crippen LogP contribution in [-0.4, -0.2) is 27.3 Å². The van der Waals surface area contributed by atoms with E-state index in [9.17, 15) is 21.6 Å². The first-order chi connectivity index (χ1) is 9.22. The van der Waals surface area contributed by atoms with E-state index in [0.29, 0.717) is 12.1 Å².